The van der Waals surface area contributed by atoms with E-state index in [-0.39, 0.29) is 18.3 Å². The number of carbonyl (C=O) groups excluding carboxylic acids is 1. The van der Waals surface area contributed by atoms with Crippen molar-refractivity contribution in [3.05, 3.63) is 47.2 Å². The van der Waals surface area contributed by atoms with E-state index in [0.717, 1.165) is 23.5 Å². The zero-order chi connectivity index (χ0) is 21.3. The van der Waals surface area contributed by atoms with Crippen molar-refractivity contribution in [2.45, 2.75) is 19.8 Å². The fourth-order valence-corrected chi connectivity index (χ4v) is 3.35. The summed E-state index contributed by atoms with van der Waals surface area (Å²) in [6, 6.07) is 9.63. The lowest BCUT2D eigenvalue weighted by Gasteiger charge is -2.10. The summed E-state index contributed by atoms with van der Waals surface area (Å²) in [7, 11) is 4.03. The van der Waals surface area contributed by atoms with E-state index < -0.39 is 0 Å². The lowest BCUT2D eigenvalue weighted by molar-refractivity contribution is -0.115. The van der Waals surface area contributed by atoms with Gasteiger partial charge in [-0.3, -0.25) is 10.1 Å². The van der Waals surface area contributed by atoms with Gasteiger partial charge in [0.15, 0.2) is 5.13 Å². The first-order valence-corrected chi connectivity index (χ1v) is 10.4. The molecule has 0 saturated carbocycles. The highest BCUT2D eigenvalue weighted by molar-refractivity contribution is 7.15. The van der Waals surface area contributed by atoms with Gasteiger partial charge in [0.2, 0.25) is 11.9 Å². The molecule has 30 heavy (non-hydrogen) atoms. The van der Waals surface area contributed by atoms with Crippen molar-refractivity contribution in [3.8, 4) is 6.01 Å². The molecule has 0 radical (unpaired) electrons. The molecule has 0 atom stereocenters. The summed E-state index contributed by atoms with van der Waals surface area (Å²) in [4.78, 5) is 32.2. The Morgan fingerprint density at radius 1 is 1.17 bits per heavy atom. The monoisotopic (exact) mass is 427 g/mol. The van der Waals surface area contributed by atoms with Gasteiger partial charge >= 0.3 is 6.01 Å². The molecule has 0 aliphatic carbocycles. The maximum atomic E-state index is 12.2. The number of thiazole rings is 1. The molecule has 2 heterocycles. The van der Waals surface area contributed by atoms with E-state index in [1.54, 1.807) is 13.1 Å². The second-order valence-corrected chi connectivity index (χ2v) is 7.96. The van der Waals surface area contributed by atoms with Gasteiger partial charge in [-0.25, -0.2) is 4.98 Å². The minimum atomic E-state index is -0.0965. The number of hydrogen-bond acceptors (Lipinski definition) is 9. The molecule has 10 heteroatoms. The number of benzene rings is 1. The third-order valence-corrected chi connectivity index (χ3v) is 4.78. The number of amides is 1. The molecule has 0 spiro atoms. The Labute approximate surface area is 179 Å². The van der Waals surface area contributed by atoms with Crippen LogP contribution in [0.5, 0.6) is 6.01 Å². The Hall–Kier alpha value is -3.11. The highest BCUT2D eigenvalue weighted by Gasteiger charge is 2.11. The average Bonchev–Trinajstić information content (AvgIpc) is 3.12. The average molecular weight is 428 g/mol. The van der Waals surface area contributed by atoms with Gasteiger partial charge in [0.25, 0.3) is 0 Å². The number of nitrogens with one attached hydrogen (secondary N) is 2. The second kappa shape index (κ2) is 10.6. The zero-order valence-electron chi connectivity index (χ0n) is 17.3. The lowest BCUT2D eigenvalue weighted by Crippen LogP contribution is -2.16. The van der Waals surface area contributed by atoms with Gasteiger partial charge < -0.3 is 15.0 Å². The van der Waals surface area contributed by atoms with E-state index in [4.69, 9.17) is 4.74 Å². The van der Waals surface area contributed by atoms with Crippen molar-refractivity contribution in [1.82, 2.24) is 24.8 Å². The van der Waals surface area contributed by atoms with E-state index in [1.807, 2.05) is 44.4 Å². The largest absolute Gasteiger partial charge is 0.463 e. The maximum absolute atomic E-state index is 12.2. The minimum Gasteiger partial charge on any atom is -0.463 e. The van der Waals surface area contributed by atoms with Crippen molar-refractivity contribution in [2.24, 2.45) is 0 Å². The Morgan fingerprint density at radius 3 is 2.73 bits per heavy atom. The Bertz CT molecular complexity index is 963. The van der Waals surface area contributed by atoms with Gasteiger partial charge in [0.1, 0.15) is 5.82 Å². The smallest absolute Gasteiger partial charge is 0.321 e. The van der Waals surface area contributed by atoms with E-state index >= 15 is 0 Å². The molecular formula is C20H25N7O2S. The quantitative estimate of drug-likeness (QED) is 0.476. The molecule has 0 saturated heterocycles. The highest BCUT2D eigenvalue weighted by Crippen LogP contribution is 2.22. The number of aryl methyl sites for hydroxylation is 1. The normalized spacial score (nSPS) is 10.8. The summed E-state index contributed by atoms with van der Waals surface area (Å²) in [6.07, 6.45) is 2.79. The molecule has 0 aliphatic rings. The summed E-state index contributed by atoms with van der Waals surface area (Å²) in [5, 5.41) is 6.52. The van der Waals surface area contributed by atoms with Crippen LogP contribution in [-0.2, 0) is 11.2 Å². The number of rotatable bonds is 10. The molecule has 3 aromatic rings. The Balaban J connectivity index is 1.55. The Morgan fingerprint density at radius 2 is 1.97 bits per heavy atom. The van der Waals surface area contributed by atoms with Crippen LogP contribution in [0.2, 0.25) is 0 Å². The highest BCUT2D eigenvalue weighted by atomic mass is 32.1. The van der Waals surface area contributed by atoms with E-state index in [2.05, 4.69) is 35.5 Å². The first-order chi connectivity index (χ1) is 14.5. The molecule has 3 rings (SSSR count). The van der Waals surface area contributed by atoms with Crippen LogP contribution < -0.4 is 15.4 Å². The first kappa shape index (κ1) is 21.6. The summed E-state index contributed by atoms with van der Waals surface area (Å²) in [5.41, 5.74) is 0.768. The second-order valence-electron chi connectivity index (χ2n) is 6.84. The third-order valence-electron chi connectivity index (χ3n) is 3.87. The van der Waals surface area contributed by atoms with E-state index in [9.17, 15) is 4.79 Å². The number of carbonyl (C=O) groups is 1. The van der Waals surface area contributed by atoms with Crippen molar-refractivity contribution in [1.29, 1.82) is 0 Å². The van der Waals surface area contributed by atoms with Crippen molar-refractivity contribution < 1.29 is 9.53 Å². The first-order valence-electron chi connectivity index (χ1n) is 9.55. The number of ether oxygens (including phenoxy) is 1. The molecule has 1 amide bonds. The number of nitrogens with zero attached hydrogens (tertiary/aromatic N) is 5. The van der Waals surface area contributed by atoms with E-state index in [0.29, 0.717) is 23.5 Å². The molecule has 9 nitrogen and oxygen atoms in total. The topological polar surface area (TPSA) is 105 Å². The van der Waals surface area contributed by atoms with Crippen LogP contribution in [0.25, 0.3) is 0 Å². The maximum Gasteiger partial charge on any atom is 0.321 e. The van der Waals surface area contributed by atoms with Crippen LogP contribution in [0.4, 0.5) is 16.8 Å². The molecule has 2 aromatic heterocycles. The van der Waals surface area contributed by atoms with Crippen LogP contribution in [-0.4, -0.2) is 58.0 Å². The minimum absolute atomic E-state index is 0.0965. The number of hydrogen-bond donors (Lipinski definition) is 2. The van der Waals surface area contributed by atoms with E-state index in [1.165, 1.54) is 11.3 Å². The molecule has 0 aliphatic heterocycles. The van der Waals surface area contributed by atoms with Gasteiger partial charge in [-0.2, -0.15) is 15.0 Å². The summed E-state index contributed by atoms with van der Waals surface area (Å²) in [6.45, 7) is 3.23. The number of anilines is 3. The van der Waals surface area contributed by atoms with Crippen LogP contribution in [0.1, 0.15) is 17.1 Å². The van der Waals surface area contributed by atoms with Gasteiger partial charge in [-0.05, 0) is 39.6 Å². The fourth-order valence-electron chi connectivity index (χ4n) is 2.55. The van der Waals surface area contributed by atoms with Crippen molar-refractivity contribution in [3.63, 3.8) is 0 Å². The molecule has 0 bridgehead atoms. The molecular weight excluding hydrogens is 402 g/mol. The Kier molecular flexibility index (Phi) is 7.63. The van der Waals surface area contributed by atoms with Gasteiger partial charge in [0.05, 0.1) is 13.0 Å². The standard InChI is InChI=1S/C20H25N7O2S/c1-14-22-18(25-19(23-14)29-11-7-10-27(2)3)26-20-21-13-16(30-20)12-17(28)24-15-8-5-4-6-9-15/h4-6,8-9,13H,7,10-12H2,1-3H3,(H,24,28)(H,21,22,23,25,26). The summed E-state index contributed by atoms with van der Waals surface area (Å²) < 4.78 is 5.63. The predicted octanol–water partition coefficient (Wildman–Crippen LogP) is 2.89. The fraction of sp³-hybridized carbons (Fsp3) is 0.350. The molecule has 2 N–H and O–H groups in total. The lowest BCUT2D eigenvalue weighted by atomic mass is 10.3. The molecule has 0 unspecified atom stereocenters. The number of para-hydroxylation sites is 1. The summed E-state index contributed by atoms with van der Waals surface area (Å²) >= 11 is 1.37. The van der Waals surface area contributed by atoms with Gasteiger partial charge in [-0.15, -0.1) is 11.3 Å². The summed E-state index contributed by atoms with van der Waals surface area (Å²) in [5.74, 6) is 0.815. The van der Waals surface area contributed by atoms with Crippen LogP contribution >= 0.6 is 11.3 Å². The molecule has 0 fully saturated rings. The van der Waals surface area contributed by atoms with Crippen LogP contribution in [0, 0.1) is 6.92 Å². The molecule has 1 aromatic carbocycles. The molecule has 158 valence electrons. The zero-order valence-corrected chi connectivity index (χ0v) is 18.1. The van der Waals surface area contributed by atoms with Crippen LogP contribution in [0.3, 0.4) is 0 Å². The SMILES string of the molecule is Cc1nc(Nc2ncc(CC(=O)Nc3ccccc3)s2)nc(OCCCN(C)C)n1. The van der Waals surface area contributed by atoms with Crippen molar-refractivity contribution in [2.75, 3.05) is 37.9 Å². The number of aromatic nitrogens is 4. The van der Waals surface area contributed by atoms with Crippen molar-refractivity contribution >= 4 is 34.0 Å². The van der Waals surface area contributed by atoms with Gasteiger partial charge in [-0.1, -0.05) is 18.2 Å². The predicted molar refractivity (Wildman–Crippen MR) is 117 cm³/mol. The third kappa shape index (κ3) is 7.05. The van der Waals surface area contributed by atoms with Crippen LogP contribution in [0.15, 0.2) is 36.5 Å². The van der Waals surface area contributed by atoms with Gasteiger partial charge in [0, 0.05) is 23.3 Å².